The van der Waals surface area contributed by atoms with E-state index in [0.717, 1.165) is 51.4 Å². The molecule has 312 valence electrons. The molecule has 0 aliphatic rings. The number of phosphoric acid groups is 1. The molecule has 12 heteroatoms. The van der Waals surface area contributed by atoms with Crippen molar-refractivity contribution < 1.29 is 47.5 Å². The number of carbonyl (C=O) groups is 3. The van der Waals surface area contributed by atoms with Gasteiger partial charge >= 0.3 is 25.7 Å². The van der Waals surface area contributed by atoms with Crippen molar-refractivity contribution >= 4 is 25.7 Å². The minimum absolute atomic E-state index is 0.123. The number of hydrogen-bond donors (Lipinski definition) is 3. The molecule has 4 N–H and O–H groups in total. The van der Waals surface area contributed by atoms with Gasteiger partial charge in [0.15, 0.2) is 6.10 Å². The Bertz CT molecular complexity index is 1110. The number of carboxylic acid groups (broad SMARTS) is 1. The van der Waals surface area contributed by atoms with E-state index in [1.54, 1.807) is 12.2 Å². The van der Waals surface area contributed by atoms with Crippen LogP contribution in [0.1, 0.15) is 168 Å². The van der Waals surface area contributed by atoms with E-state index in [1.807, 2.05) is 6.08 Å². The van der Waals surface area contributed by atoms with E-state index in [1.165, 1.54) is 96.0 Å². The normalized spacial score (nSPS) is 14.3. The van der Waals surface area contributed by atoms with Crippen LogP contribution in [0, 0.1) is 0 Å². The molecule has 0 aromatic heterocycles. The summed E-state index contributed by atoms with van der Waals surface area (Å²) in [5.41, 5.74) is 5.32. The molecular formula is C42H74NO10P. The second kappa shape index (κ2) is 37.4. The van der Waals surface area contributed by atoms with E-state index in [4.69, 9.17) is 24.8 Å². The minimum atomic E-state index is -4.74. The fourth-order valence-corrected chi connectivity index (χ4v) is 6.16. The van der Waals surface area contributed by atoms with Crippen molar-refractivity contribution in [3.8, 4) is 0 Å². The number of rotatable bonds is 38. The van der Waals surface area contributed by atoms with Crippen LogP contribution in [0.2, 0.25) is 0 Å². The fraction of sp³-hybridized carbons (Fsp3) is 0.738. The standard InChI is InChI=1S/C42H74NO10P/c1-3-5-7-9-11-13-15-17-19-21-23-25-27-29-31-33-40(44)50-35-38(36-51-54(48,49)52-37-39(43)42(46)47)53-41(45)34-32-30-28-26-24-22-20-18-16-14-12-10-8-6-4-2/h14,16,18,20,27,29,31,33,38-39H,3-13,15,17,19,21-26,28,30,32,34-37,43H2,1-2H3,(H,46,47)(H,48,49)/b16-14+,20-18+,29-27+,33-31+/t38-,39+/m1/s1. The van der Waals surface area contributed by atoms with Gasteiger partial charge < -0.3 is 25.2 Å². The van der Waals surface area contributed by atoms with Gasteiger partial charge in [0, 0.05) is 12.5 Å². The first-order chi connectivity index (χ1) is 26.1. The third-order valence-corrected chi connectivity index (χ3v) is 9.63. The lowest BCUT2D eigenvalue weighted by Crippen LogP contribution is -2.34. The largest absolute Gasteiger partial charge is 0.480 e. The maximum absolute atomic E-state index is 12.6. The molecule has 3 atom stereocenters. The molecule has 0 bridgehead atoms. The first kappa shape index (κ1) is 51.4. The summed E-state index contributed by atoms with van der Waals surface area (Å²) >= 11 is 0. The molecule has 0 fully saturated rings. The lowest BCUT2D eigenvalue weighted by molar-refractivity contribution is -0.159. The number of esters is 2. The van der Waals surface area contributed by atoms with Gasteiger partial charge in [-0.05, 0) is 44.9 Å². The van der Waals surface area contributed by atoms with Crippen LogP contribution in [-0.2, 0) is 37.5 Å². The van der Waals surface area contributed by atoms with Crippen molar-refractivity contribution in [2.75, 3.05) is 19.8 Å². The highest BCUT2D eigenvalue weighted by molar-refractivity contribution is 7.47. The third kappa shape index (κ3) is 36.4. The molecule has 0 saturated heterocycles. The van der Waals surface area contributed by atoms with E-state index in [2.05, 4.69) is 42.7 Å². The molecule has 1 unspecified atom stereocenters. The Morgan fingerprint density at radius 3 is 1.54 bits per heavy atom. The molecule has 0 amide bonds. The van der Waals surface area contributed by atoms with E-state index in [0.29, 0.717) is 6.42 Å². The van der Waals surface area contributed by atoms with E-state index in [-0.39, 0.29) is 6.42 Å². The first-order valence-corrected chi connectivity index (χ1v) is 22.2. The zero-order valence-corrected chi connectivity index (χ0v) is 34.4. The van der Waals surface area contributed by atoms with Crippen molar-refractivity contribution in [3.63, 3.8) is 0 Å². The van der Waals surface area contributed by atoms with Gasteiger partial charge in [0.2, 0.25) is 0 Å². The second-order valence-corrected chi connectivity index (χ2v) is 15.3. The SMILES string of the molecule is CCCCCC/C=C/C=C/CCCCCCCC(=O)O[C@H](COC(=O)/C=C/C=C/CCCCCCCCCCCCC)COP(=O)(O)OC[C@H](N)C(=O)O. The lowest BCUT2D eigenvalue weighted by atomic mass is 10.1. The summed E-state index contributed by atoms with van der Waals surface area (Å²) in [5, 5.41) is 8.87. The highest BCUT2D eigenvalue weighted by Gasteiger charge is 2.28. The molecular weight excluding hydrogens is 709 g/mol. The van der Waals surface area contributed by atoms with Gasteiger partial charge in [0.1, 0.15) is 12.6 Å². The molecule has 0 saturated carbocycles. The Balaban J connectivity index is 4.53. The summed E-state index contributed by atoms with van der Waals surface area (Å²) in [4.78, 5) is 45.7. The minimum Gasteiger partial charge on any atom is -0.480 e. The van der Waals surface area contributed by atoms with E-state index in [9.17, 15) is 23.8 Å². The summed E-state index contributed by atoms with van der Waals surface area (Å²) in [6, 6.07) is -1.53. The van der Waals surface area contributed by atoms with Crippen molar-refractivity contribution in [2.24, 2.45) is 5.73 Å². The maximum Gasteiger partial charge on any atom is 0.472 e. The quantitative estimate of drug-likeness (QED) is 0.0179. The molecule has 0 aromatic carbocycles. The zero-order chi connectivity index (χ0) is 40.0. The third-order valence-electron chi connectivity index (χ3n) is 8.68. The van der Waals surface area contributed by atoms with Gasteiger partial charge in [-0.15, -0.1) is 0 Å². The Morgan fingerprint density at radius 1 is 0.611 bits per heavy atom. The van der Waals surface area contributed by atoms with Gasteiger partial charge in [0.25, 0.3) is 0 Å². The summed E-state index contributed by atoms with van der Waals surface area (Å²) in [7, 11) is -4.74. The van der Waals surface area contributed by atoms with E-state index < -0.39 is 57.7 Å². The summed E-state index contributed by atoms with van der Waals surface area (Å²) in [6.07, 6.45) is 40.9. The molecule has 0 rings (SSSR count). The molecule has 0 heterocycles. The lowest BCUT2D eigenvalue weighted by Gasteiger charge is -2.20. The molecule has 0 aromatic rings. The average Bonchev–Trinajstić information content (AvgIpc) is 3.14. The van der Waals surface area contributed by atoms with Crippen LogP contribution in [0.4, 0.5) is 0 Å². The number of aliphatic carboxylic acids is 1. The Hall–Kier alpha value is -2.56. The molecule has 11 nitrogen and oxygen atoms in total. The smallest absolute Gasteiger partial charge is 0.472 e. The Labute approximate surface area is 326 Å². The number of phosphoric ester groups is 1. The summed E-state index contributed by atoms with van der Waals surface area (Å²) < 4.78 is 32.4. The van der Waals surface area contributed by atoms with Crippen LogP contribution in [-0.4, -0.2) is 59.9 Å². The van der Waals surface area contributed by atoms with Crippen molar-refractivity contribution in [1.82, 2.24) is 0 Å². The first-order valence-electron chi connectivity index (χ1n) is 20.7. The Morgan fingerprint density at radius 2 is 1.04 bits per heavy atom. The van der Waals surface area contributed by atoms with Gasteiger partial charge in [-0.3, -0.25) is 18.6 Å². The zero-order valence-electron chi connectivity index (χ0n) is 33.6. The van der Waals surface area contributed by atoms with Crippen LogP contribution < -0.4 is 5.73 Å². The van der Waals surface area contributed by atoms with Crippen LogP contribution in [0.5, 0.6) is 0 Å². The number of hydrogen-bond acceptors (Lipinski definition) is 9. The Kier molecular flexibility index (Phi) is 35.6. The molecule has 0 aliphatic carbocycles. The number of nitrogens with two attached hydrogens (primary N) is 1. The number of allylic oxidation sites excluding steroid dienone is 7. The van der Waals surface area contributed by atoms with Crippen LogP contribution in [0.15, 0.2) is 48.6 Å². The summed E-state index contributed by atoms with van der Waals surface area (Å²) in [5.74, 6) is -2.66. The topological polar surface area (TPSA) is 172 Å². The molecule has 0 radical (unpaired) electrons. The fourth-order valence-electron chi connectivity index (χ4n) is 5.38. The number of carboxylic acids is 1. The maximum atomic E-state index is 12.6. The highest BCUT2D eigenvalue weighted by atomic mass is 31.2. The number of unbranched alkanes of at least 4 members (excludes halogenated alkanes) is 20. The van der Waals surface area contributed by atoms with Crippen molar-refractivity contribution in [3.05, 3.63) is 48.6 Å². The predicted octanol–water partition coefficient (Wildman–Crippen LogP) is 10.6. The van der Waals surface area contributed by atoms with Crippen LogP contribution >= 0.6 is 7.82 Å². The van der Waals surface area contributed by atoms with Crippen LogP contribution in [0.25, 0.3) is 0 Å². The molecule has 0 spiro atoms. The van der Waals surface area contributed by atoms with Crippen molar-refractivity contribution in [1.29, 1.82) is 0 Å². The average molecular weight is 784 g/mol. The molecule has 54 heavy (non-hydrogen) atoms. The molecule has 0 aliphatic heterocycles. The van der Waals surface area contributed by atoms with Crippen molar-refractivity contribution in [2.45, 2.75) is 180 Å². The van der Waals surface area contributed by atoms with Gasteiger partial charge in [0.05, 0.1) is 13.2 Å². The number of carbonyl (C=O) groups excluding carboxylic acids is 2. The monoisotopic (exact) mass is 784 g/mol. The van der Waals surface area contributed by atoms with Crippen LogP contribution in [0.3, 0.4) is 0 Å². The summed E-state index contributed by atoms with van der Waals surface area (Å²) in [6.45, 7) is 2.63. The van der Waals surface area contributed by atoms with E-state index >= 15 is 0 Å². The predicted molar refractivity (Wildman–Crippen MR) is 217 cm³/mol. The van der Waals surface area contributed by atoms with Gasteiger partial charge in [-0.25, -0.2) is 9.36 Å². The second-order valence-electron chi connectivity index (χ2n) is 13.9. The highest BCUT2D eigenvalue weighted by Crippen LogP contribution is 2.43. The number of ether oxygens (including phenoxy) is 2. The van der Waals surface area contributed by atoms with Gasteiger partial charge in [-0.1, -0.05) is 159 Å². The van der Waals surface area contributed by atoms with Gasteiger partial charge in [-0.2, -0.15) is 0 Å².